The fraction of sp³-hybridized carbons (Fsp3) is 0.625. The number of aromatic nitrogens is 1. The standard InChI is InChI=1S/C16H33N7P2/c1-13(18-24(20(3)4)21(5)6)15-11-12-16(17-15)14(2)19-25(22(7)8)23(9)10/h11-12,17H,1-10H3. The van der Waals surface area contributed by atoms with Crippen LogP contribution >= 0.6 is 16.7 Å². The van der Waals surface area contributed by atoms with E-state index in [4.69, 9.17) is 9.53 Å². The van der Waals surface area contributed by atoms with Gasteiger partial charge < -0.3 is 4.98 Å². The lowest BCUT2D eigenvalue weighted by atomic mass is 10.3. The van der Waals surface area contributed by atoms with E-state index < -0.39 is 16.7 Å². The molecule has 1 aromatic heterocycles. The van der Waals surface area contributed by atoms with Crippen LogP contribution in [0.4, 0.5) is 0 Å². The van der Waals surface area contributed by atoms with E-state index in [-0.39, 0.29) is 0 Å². The average Bonchev–Trinajstić information content (AvgIpc) is 2.98. The lowest BCUT2D eigenvalue weighted by Crippen LogP contribution is -2.16. The van der Waals surface area contributed by atoms with Gasteiger partial charge in [-0.15, -0.1) is 0 Å². The first kappa shape index (κ1) is 22.4. The molecule has 0 fully saturated rings. The third-order valence-electron chi connectivity index (χ3n) is 3.38. The predicted molar refractivity (Wildman–Crippen MR) is 114 cm³/mol. The number of hydrogen-bond acceptors (Lipinski definition) is 6. The van der Waals surface area contributed by atoms with Gasteiger partial charge in [0.2, 0.25) is 0 Å². The maximum Gasteiger partial charge on any atom is 0.168 e. The van der Waals surface area contributed by atoms with Crippen molar-refractivity contribution in [2.75, 3.05) is 56.4 Å². The average molecular weight is 385 g/mol. The first-order valence-electron chi connectivity index (χ1n) is 8.14. The highest BCUT2D eigenvalue weighted by Crippen LogP contribution is 2.42. The third kappa shape index (κ3) is 6.52. The summed E-state index contributed by atoms with van der Waals surface area (Å²) < 4.78 is 18.4. The monoisotopic (exact) mass is 385 g/mol. The van der Waals surface area contributed by atoms with Crippen LogP contribution < -0.4 is 0 Å². The first-order chi connectivity index (χ1) is 11.5. The summed E-state index contributed by atoms with van der Waals surface area (Å²) in [6.07, 6.45) is 0. The Bertz CT molecular complexity index is 539. The second-order valence-electron chi connectivity index (χ2n) is 6.58. The van der Waals surface area contributed by atoms with Crippen molar-refractivity contribution in [2.24, 2.45) is 9.53 Å². The molecule has 0 aromatic carbocycles. The second-order valence-corrected chi connectivity index (χ2v) is 11.3. The fourth-order valence-electron chi connectivity index (χ4n) is 2.27. The zero-order valence-electron chi connectivity index (χ0n) is 17.2. The molecule has 7 nitrogen and oxygen atoms in total. The molecule has 0 aliphatic carbocycles. The van der Waals surface area contributed by atoms with Crippen molar-refractivity contribution >= 4 is 28.2 Å². The van der Waals surface area contributed by atoms with E-state index in [9.17, 15) is 0 Å². The summed E-state index contributed by atoms with van der Waals surface area (Å²) >= 11 is 0. The van der Waals surface area contributed by atoms with Gasteiger partial charge in [0.05, 0.1) is 22.8 Å². The van der Waals surface area contributed by atoms with Crippen LogP contribution in [0, 0.1) is 0 Å². The van der Waals surface area contributed by atoms with E-state index in [0.29, 0.717) is 0 Å². The molecule has 0 saturated heterocycles. The molecule has 142 valence electrons. The van der Waals surface area contributed by atoms with Crippen LogP contribution in [0.25, 0.3) is 0 Å². The molecule has 0 amide bonds. The summed E-state index contributed by atoms with van der Waals surface area (Å²) in [6, 6.07) is 4.17. The SMILES string of the molecule is CC(=NP(N(C)C)N(C)C)c1ccc(C(C)=NP(N(C)C)N(C)C)[nH]1. The lowest BCUT2D eigenvalue weighted by Gasteiger charge is -2.26. The van der Waals surface area contributed by atoms with Crippen LogP contribution in [0.1, 0.15) is 25.2 Å². The Labute approximate surface area is 155 Å². The molecule has 0 saturated carbocycles. The van der Waals surface area contributed by atoms with Crippen LogP contribution in [0.15, 0.2) is 21.7 Å². The minimum absolute atomic E-state index is 0.685. The van der Waals surface area contributed by atoms with Crippen LogP contribution in [0.3, 0.4) is 0 Å². The smallest absolute Gasteiger partial charge is 0.168 e. The van der Waals surface area contributed by atoms with E-state index in [1.54, 1.807) is 0 Å². The molecule has 1 N–H and O–H groups in total. The van der Waals surface area contributed by atoms with Crippen molar-refractivity contribution in [3.05, 3.63) is 23.5 Å². The van der Waals surface area contributed by atoms with Crippen molar-refractivity contribution in [2.45, 2.75) is 13.8 Å². The van der Waals surface area contributed by atoms with Crippen molar-refractivity contribution < 1.29 is 0 Å². The van der Waals surface area contributed by atoms with Gasteiger partial charge in [-0.2, -0.15) is 0 Å². The Morgan fingerprint density at radius 1 is 0.680 bits per heavy atom. The Morgan fingerprint density at radius 3 is 1.20 bits per heavy atom. The first-order valence-corrected chi connectivity index (χ1v) is 10.5. The number of nitrogens with one attached hydrogen (secondary N) is 1. The normalized spacial score (nSPS) is 14.2. The van der Waals surface area contributed by atoms with Crippen LogP contribution in [0.5, 0.6) is 0 Å². The van der Waals surface area contributed by atoms with Gasteiger partial charge in [-0.25, -0.2) is 9.53 Å². The Morgan fingerprint density at radius 2 is 0.960 bits per heavy atom. The van der Waals surface area contributed by atoms with Gasteiger partial charge in [0.25, 0.3) is 0 Å². The molecule has 0 atom stereocenters. The van der Waals surface area contributed by atoms with Gasteiger partial charge in [0.1, 0.15) is 0 Å². The van der Waals surface area contributed by atoms with Gasteiger partial charge >= 0.3 is 0 Å². The molecule has 1 aromatic rings. The van der Waals surface area contributed by atoms with Crippen molar-refractivity contribution in [3.8, 4) is 0 Å². The topological polar surface area (TPSA) is 53.5 Å². The highest BCUT2D eigenvalue weighted by Gasteiger charge is 2.16. The van der Waals surface area contributed by atoms with Gasteiger partial charge in [-0.3, -0.25) is 18.7 Å². The lowest BCUT2D eigenvalue weighted by molar-refractivity contribution is 0.575. The number of rotatable bonds is 8. The zero-order valence-corrected chi connectivity index (χ0v) is 19.0. The summed E-state index contributed by atoms with van der Waals surface area (Å²) in [5.41, 5.74) is 4.10. The summed E-state index contributed by atoms with van der Waals surface area (Å²) in [7, 11) is 15.1. The Balaban J connectivity index is 3.05. The van der Waals surface area contributed by atoms with Gasteiger partial charge in [-0.1, -0.05) is 0 Å². The molecule has 1 heterocycles. The van der Waals surface area contributed by atoms with E-state index in [1.165, 1.54) is 0 Å². The summed E-state index contributed by atoms with van der Waals surface area (Å²) in [5.74, 6) is 0. The van der Waals surface area contributed by atoms with Crippen molar-refractivity contribution in [1.29, 1.82) is 0 Å². The molecule has 1 rings (SSSR count). The zero-order chi connectivity index (χ0) is 19.3. The predicted octanol–water partition coefficient (Wildman–Crippen LogP) is 3.33. The molecule has 0 bridgehead atoms. The molecular weight excluding hydrogens is 352 g/mol. The van der Waals surface area contributed by atoms with E-state index >= 15 is 0 Å². The molecular formula is C16H33N7P2. The van der Waals surface area contributed by atoms with Crippen LogP contribution in [-0.2, 0) is 0 Å². The molecule has 0 aliphatic heterocycles. The quantitative estimate of drug-likeness (QED) is 0.551. The van der Waals surface area contributed by atoms with Crippen molar-refractivity contribution in [3.63, 3.8) is 0 Å². The number of H-pyrrole nitrogens is 1. The number of hydrogen-bond donors (Lipinski definition) is 1. The number of nitrogens with zero attached hydrogens (tertiary/aromatic N) is 6. The summed E-state index contributed by atoms with van der Waals surface area (Å²) in [5, 5.41) is 0. The molecule has 0 spiro atoms. The van der Waals surface area contributed by atoms with E-state index in [2.05, 4.69) is 106 Å². The fourth-order valence-corrected chi connectivity index (χ4v) is 5.17. The highest BCUT2D eigenvalue weighted by atomic mass is 31.2. The van der Waals surface area contributed by atoms with Crippen LogP contribution in [-0.4, -0.2) is 91.5 Å². The molecule has 0 unspecified atom stereocenters. The minimum Gasteiger partial charge on any atom is -0.353 e. The molecule has 9 heteroatoms. The van der Waals surface area contributed by atoms with Gasteiger partial charge in [-0.05, 0) is 82.4 Å². The van der Waals surface area contributed by atoms with Crippen molar-refractivity contribution in [1.82, 2.24) is 23.7 Å². The maximum atomic E-state index is 4.89. The molecule has 0 aliphatic rings. The summed E-state index contributed by atoms with van der Waals surface area (Å²) in [6.45, 7) is 4.11. The van der Waals surface area contributed by atoms with Crippen LogP contribution in [0.2, 0.25) is 0 Å². The summed E-state index contributed by atoms with van der Waals surface area (Å²) in [4.78, 5) is 3.46. The Hall–Kier alpha value is -0.680. The molecule has 25 heavy (non-hydrogen) atoms. The minimum atomic E-state index is -0.685. The van der Waals surface area contributed by atoms with Gasteiger partial charge in [0.15, 0.2) is 16.7 Å². The third-order valence-corrected chi connectivity index (χ3v) is 7.20. The van der Waals surface area contributed by atoms with E-state index in [1.807, 2.05) is 0 Å². The maximum absolute atomic E-state index is 4.89. The second kappa shape index (κ2) is 9.86. The Kier molecular flexibility index (Phi) is 8.82. The molecule has 0 radical (unpaired) electrons. The van der Waals surface area contributed by atoms with Gasteiger partial charge in [0, 0.05) is 0 Å². The highest BCUT2D eigenvalue weighted by molar-refractivity contribution is 7.51. The largest absolute Gasteiger partial charge is 0.353 e. The van der Waals surface area contributed by atoms with E-state index in [0.717, 1.165) is 22.8 Å². The number of aromatic amines is 1.